The summed E-state index contributed by atoms with van der Waals surface area (Å²) in [5.41, 5.74) is 5.64. The van der Waals surface area contributed by atoms with E-state index in [0.717, 1.165) is 26.1 Å². The molecule has 0 amide bonds. The van der Waals surface area contributed by atoms with Crippen molar-refractivity contribution in [3.8, 4) is 0 Å². The van der Waals surface area contributed by atoms with Crippen molar-refractivity contribution in [2.45, 2.75) is 33.2 Å². The van der Waals surface area contributed by atoms with E-state index in [1.165, 1.54) is 0 Å². The van der Waals surface area contributed by atoms with Crippen molar-refractivity contribution in [3.63, 3.8) is 0 Å². The van der Waals surface area contributed by atoms with Gasteiger partial charge in [-0.3, -0.25) is 4.99 Å². The quantitative estimate of drug-likeness (QED) is 0.489. The normalized spacial score (nSPS) is 12.6. The number of likely N-dealkylation sites (N-methyl/N-ethyl adjacent to an activating group) is 1. The van der Waals surface area contributed by atoms with Gasteiger partial charge in [0.25, 0.3) is 0 Å². The third-order valence-corrected chi connectivity index (χ3v) is 2.16. The second-order valence-electron chi connectivity index (χ2n) is 3.77. The molecule has 0 aliphatic carbocycles. The SMILES string of the molecule is CCCN=C(N)NCCN(C)C(C)C. The zero-order valence-corrected chi connectivity index (χ0v) is 9.88. The zero-order valence-electron chi connectivity index (χ0n) is 9.88. The monoisotopic (exact) mass is 200 g/mol. The summed E-state index contributed by atoms with van der Waals surface area (Å²) in [5, 5.41) is 3.09. The Hall–Kier alpha value is -0.770. The maximum Gasteiger partial charge on any atom is 0.188 e. The Balaban J connectivity index is 3.53. The summed E-state index contributed by atoms with van der Waals surface area (Å²) in [5.74, 6) is 0.559. The van der Waals surface area contributed by atoms with Crippen molar-refractivity contribution in [1.82, 2.24) is 10.2 Å². The van der Waals surface area contributed by atoms with Gasteiger partial charge in [0.05, 0.1) is 0 Å². The van der Waals surface area contributed by atoms with Crippen LogP contribution >= 0.6 is 0 Å². The predicted molar refractivity (Wildman–Crippen MR) is 62.5 cm³/mol. The van der Waals surface area contributed by atoms with Crippen LogP contribution in [0.4, 0.5) is 0 Å². The highest BCUT2D eigenvalue weighted by atomic mass is 15.2. The van der Waals surface area contributed by atoms with Crippen LogP contribution in [0.3, 0.4) is 0 Å². The molecular formula is C10H24N4. The van der Waals surface area contributed by atoms with Crippen molar-refractivity contribution in [2.24, 2.45) is 10.7 Å². The van der Waals surface area contributed by atoms with E-state index in [4.69, 9.17) is 5.73 Å². The lowest BCUT2D eigenvalue weighted by Crippen LogP contribution is -2.39. The van der Waals surface area contributed by atoms with Gasteiger partial charge in [-0.05, 0) is 27.3 Å². The lowest BCUT2D eigenvalue weighted by Gasteiger charge is -2.20. The summed E-state index contributed by atoms with van der Waals surface area (Å²) < 4.78 is 0. The zero-order chi connectivity index (χ0) is 11.0. The van der Waals surface area contributed by atoms with Gasteiger partial charge in [0.2, 0.25) is 0 Å². The third kappa shape index (κ3) is 6.71. The number of hydrogen-bond donors (Lipinski definition) is 2. The Bertz CT molecular complexity index is 166. The van der Waals surface area contributed by atoms with E-state index >= 15 is 0 Å². The summed E-state index contributed by atoms with van der Waals surface area (Å²) in [4.78, 5) is 6.41. The standard InChI is InChI=1S/C10H24N4/c1-5-6-12-10(11)13-7-8-14(4)9(2)3/h9H,5-8H2,1-4H3,(H3,11,12,13). The van der Waals surface area contributed by atoms with Crippen LogP contribution in [0, 0.1) is 0 Å². The molecule has 0 fully saturated rings. The fraction of sp³-hybridized carbons (Fsp3) is 0.900. The maximum absolute atomic E-state index is 5.64. The molecule has 0 spiro atoms. The second kappa shape index (κ2) is 7.62. The fourth-order valence-corrected chi connectivity index (χ4v) is 0.907. The lowest BCUT2D eigenvalue weighted by molar-refractivity contribution is 0.278. The summed E-state index contributed by atoms with van der Waals surface area (Å²) in [6.07, 6.45) is 1.04. The first kappa shape index (κ1) is 13.2. The maximum atomic E-state index is 5.64. The van der Waals surface area contributed by atoms with Gasteiger partial charge in [-0.25, -0.2) is 0 Å². The van der Waals surface area contributed by atoms with Crippen LogP contribution in [0.15, 0.2) is 4.99 Å². The van der Waals surface area contributed by atoms with E-state index < -0.39 is 0 Å². The van der Waals surface area contributed by atoms with Gasteiger partial charge in [-0.15, -0.1) is 0 Å². The molecule has 0 saturated heterocycles. The Morgan fingerprint density at radius 1 is 1.50 bits per heavy atom. The van der Waals surface area contributed by atoms with E-state index in [0.29, 0.717) is 12.0 Å². The number of aliphatic imine (C=N–C) groups is 1. The predicted octanol–water partition coefficient (Wildman–Crippen LogP) is 0.641. The number of guanidine groups is 1. The molecule has 0 rings (SSSR count). The summed E-state index contributed by atoms with van der Waals surface area (Å²) in [6, 6.07) is 0.575. The van der Waals surface area contributed by atoms with E-state index in [2.05, 4.69) is 43.0 Å². The molecular weight excluding hydrogens is 176 g/mol. The minimum atomic E-state index is 0.559. The van der Waals surface area contributed by atoms with Crippen LogP contribution in [0.1, 0.15) is 27.2 Å². The Labute approximate surface area is 87.6 Å². The molecule has 4 nitrogen and oxygen atoms in total. The van der Waals surface area contributed by atoms with Crippen LogP contribution in [0.25, 0.3) is 0 Å². The topological polar surface area (TPSA) is 53.6 Å². The van der Waals surface area contributed by atoms with Crippen LogP contribution in [-0.2, 0) is 0 Å². The smallest absolute Gasteiger partial charge is 0.188 e. The summed E-state index contributed by atoms with van der Waals surface area (Å²) in [7, 11) is 2.10. The van der Waals surface area contributed by atoms with Crippen LogP contribution in [0.5, 0.6) is 0 Å². The molecule has 0 radical (unpaired) electrons. The van der Waals surface area contributed by atoms with E-state index in [9.17, 15) is 0 Å². The molecule has 14 heavy (non-hydrogen) atoms. The molecule has 0 aromatic carbocycles. The van der Waals surface area contributed by atoms with E-state index in [-0.39, 0.29) is 0 Å². The van der Waals surface area contributed by atoms with Crippen molar-refractivity contribution >= 4 is 5.96 Å². The van der Waals surface area contributed by atoms with Gasteiger partial charge in [-0.2, -0.15) is 0 Å². The molecule has 0 aliphatic rings. The Morgan fingerprint density at radius 3 is 2.64 bits per heavy atom. The molecule has 3 N–H and O–H groups in total. The Morgan fingerprint density at radius 2 is 2.14 bits per heavy atom. The highest BCUT2D eigenvalue weighted by Gasteiger charge is 2.01. The molecule has 0 aromatic heterocycles. The summed E-state index contributed by atoms with van der Waals surface area (Å²) >= 11 is 0. The van der Waals surface area contributed by atoms with Gasteiger partial charge in [0, 0.05) is 25.7 Å². The van der Waals surface area contributed by atoms with Crippen LogP contribution in [-0.4, -0.2) is 43.6 Å². The number of rotatable bonds is 6. The number of nitrogens with two attached hydrogens (primary N) is 1. The molecule has 0 bridgehead atoms. The number of nitrogens with zero attached hydrogens (tertiary/aromatic N) is 2. The minimum absolute atomic E-state index is 0.559. The average Bonchev–Trinajstić information content (AvgIpc) is 2.14. The van der Waals surface area contributed by atoms with Crippen molar-refractivity contribution in [1.29, 1.82) is 0 Å². The molecule has 0 aromatic rings. The van der Waals surface area contributed by atoms with Gasteiger partial charge in [0.15, 0.2) is 5.96 Å². The third-order valence-electron chi connectivity index (χ3n) is 2.16. The molecule has 0 atom stereocenters. The van der Waals surface area contributed by atoms with Crippen molar-refractivity contribution in [3.05, 3.63) is 0 Å². The fourth-order valence-electron chi connectivity index (χ4n) is 0.907. The molecule has 0 saturated carbocycles. The van der Waals surface area contributed by atoms with Gasteiger partial charge in [-0.1, -0.05) is 6.92 Å². The average molecular weight is 200 g/mol. The molecule has 0 unspecified atom stereocenters. The highest BCUT2D eigenvalue weighted by Crippen LogP contribution is 1.90. The van der Waals surface area contributed by atoms with Gasteiger partial charge < -0.3 is 16.0 Å². The minimum Gasteiger partial charge on any atom is -0.370 e. The first-order valence-corrected chi connectivity index (χ1v) is 5.32. The van der Waals surface area contributed by atoms with Crippen molar-refractivity contribution in [2.75, 3.05) is 26.7 Å². The van der Waals surface area contributed by atoms with Crippen LogP contribution < -0.4 is 11.1 Å². The van der Waals surface area contributed by atoms with E-state index in [1.807, 2.05) is 0 Å². The van der Waals surface area contributed by atoms with Crippen molar-refractivity contribution < 1.29 is 0 Å². The number of nitrogens with one attached hydrogen (secondary N) is 1. The molecule has 0 heterocycles. The first-order valence-electron chi connectivity index (χ1n) is 5.32. The van der Waals surface area contributed by atoms with Gasteiger partial charge in [0.1, 0.15) is 0 Å². The van der Waals surface area contributed by atoms with E-state index in [1.54, 1.807) is 0 Å². The molecule has 4 heteroatoms. The lowest BCUT2D eigenvalue weighted by atomic mass is 10.3. The second-order valence-corrected chi connectivity index (χ2v) is 3.77. The number of hydrogen-bond acceptors (Lipinski definition) is 2. The summed E-state index contributed by atoms with van der Waals surface area (Å²) in [6.45, 7) is 9.08. The largest absolute Gasteiger partial charge is 0.370 e. The molecule has 84 valence electrons. The molecule has 0 aliphatic heterocycles. The highest BCUT2D eigenvalue weighted by molar-refractivity contribution is 5.77. The Kier molecular flexibility index (Phi) is 7.20. The van der Waals surface area contributed by atoms with Gasteiger partial charge >= 0.3 is 0 Å². The first-order chi connectivity index (χ1) is 6.57. The van der Waals surface area contributed by atoms with Crippen LogP contribution in [0.2, 0.25) is 0 Å².